The number of carbonyl (C=O) groups is 2. The molecule has 0 aromatic heterocycles. The molecule has 0 spiro atoms. The van der Waals surface area contributed by atoms with E-state index in [9.17, 15) is 14.7 Å². The summed E-state index contributed by atoms with van der Waals surface area (Å²) in [5.41, 5.74) is 4.18. The zero-order chi connectivity index (χ0) is 12.2. The van der Waals surface area contributed by atoms with E-state index in [2.05, 4.69) is 12.2 Å². The third kappa shape index (κ3) is 3.20. The van der Waals surface area contributed by atoms with Crippen molar-refractivity contribution >= 4 is 11.9 Å². The lowest BCUT2D eigenvalue weighted by Gasteiger charge is -2.36. The van der Waals surface area contributed by atoms with E-state index in [4.69, 9.17) is 5.73 Å². The molecule has 0 bridgehead atoms. The molecule has 0 aromatic carbocycles. The molecular formula is C11H20N2O3. The fourth-order valence-corrected chi connectivity index (χ4v) is 2.15. The van der Waals surface area contributed by atoms with Gasteiger partial charge in [-0.1, -0.05) is 6.92 Å². The zero-order valence-corrected chi connectivity index (χ0v) is 9.66. The van der Waals surface area contributed by atoms with Crippen molar-refractivity contribution < 1.29 is 14.7 Å². The molecule has 5 nitrogen and oxygen atoms in total. The first kappa shape index (κ1) is 13.0. The highest BCUT2D eigenvalue weighted by Crippen LogP contribution is 2.32. The second-order valence-electron chi connectivity index (χ2n) is 4.71. The summed E-state index contributed by atoms with van der Waals surface area (Å²) >= 11 is 0. The number of aliphatic carboxylic acids is 1. The lowest BCUT2D eigenvalue weighted by atomic mass is 9.77. The Bertz CT molecular complexity index is 270. The number of nitrogens with one attached hydrogen (secondary N) is 1. The number of rotatable bonds is 5. The molecule has 1 amide bonds. The van der Waals surface area contributed by atoms with Gasteiger partial charge >= 0.3 is 5.97 Å². The van der Waals surface area contributed by atoms with Crippen LogP contribution in [0.2, 0.25) is 0 Å². The molecule has 0 aliphatic heterocycles. The van der Waals surface area contributed by atoms with Crippen molar-refractivity contribution in [2.75, 3.05) is 6.54 Å². The molecule has 1 fully saturated rings. The number of hydrogen-bond acceptors (Lipinski definition) is 3. The summed E-state index contributed by atoms with van der Waals surface area (Å²) in [5.74, 6) is -0.633. The average Bonchev–Trinajstić information content (AvgIpc) is 2.20. The predicted molar refractivity (Wildman–Crippen MR) is 59.8 cm³/mol. The SMILES string of the molecule is CC1CCC(NCCC(N)=O)(C(=O)O)CC1. The van der Waals surface area contributed by atoms with Crippen molar-refractivity contribution in [3.05, 3.63) is 0 Å². The minimum absolute atomic E-state index is 0.185. The van der Waals surface area contributed by atoms with E-state index in [0.29, 0.717) is 25.3 Å². The van der Waals surface area contributed by atoms with Crippen LogP contribution in [-0.4, -0.2) is 29.1 Å². The van der Waals surface area contributed by atoms with E-state index in [-0.39, 0.29) is 6.42 Å². The maximum Gasteiger partial charge on any atom is 0.323 e. The Morgan fingerprint density at radius 2 is 2.00 bits per heavy atom. The Morgan fingerprint density at radius 1 is 1.44 bits per heavy atom. The molecule has 16 heavy (non-hydrogen) atoms. The third-order valence-corrected chi connectivity index (χ3v) is 3.37. The summed E-state index contributed by atoms with van der Waals surface area (Å²) in [4.78, 5) is 21.9. The first-order valence-electron chi connectivity index (χ1n) is 5.73. The van der Waals surface area contributed by atoms with Crippen LogP contribution in [0.4, 0.5) is 0 Å². The van der Waals surface area contributed by atoms with Gasteiger partial charge < -0.3 is 16.2 Å². The van der Waals surface area contributed by atoms with Crippen LogP contribution in [0, 0.1) is 5.92 Å². The molecule has 92 valence electrons. The molecule has 0 heterocycles. The molecule has 0 saturated heterocycles. The minimum atomic E-state index is -0.845. The summed E-state index contributed by atoms with van der Waals surface area (Å²) in [5, 5.41) is 12.2. The smallest absolute Gasteiger partial charge is 0.323 e. The maximum absolute atomic E-state index is 11.3. The van der Waals surface area contributed by atoms with Gasteiger partial charge in [-0.3, -0.25) is 9.59 Å². The topological polar surface area (TPSA) is 92.4 Å². The van der Waals surface area contributed by atoms with Gasteiger partial charge in [-0.25, -0.2) is 0 Å². The van der Waals surface area contributed by atoms with Gasteiger partial charge in [0.15, 0.2) is 0 Å². The summed E-state index contributed by atoms with van der Waals surface area (Å²) in [6.45, 7) is 2.48. The first-order chi connectivity index (χ1) is 7.46. The normalized spacial score (nSPS) is 29.9. The van der Waals surface area contributed by atoms with Gasteiger partial charge in [-0.2, -0.15) is 0 Å². The van der Waals surface area contributed by atoms with Gasteiger partial charge in [-0.15, -0.1) is 0 Å². The van der Waals surface area contributed by atoms with Crippen LogP contribution in [0.3, 0.4) is 0 Å². The highest BCUT2D eigenvalue weighted by atomic mass is 16.4. The van der Waals surface area contributed by atoms with E-state index < -0.39 is 17.4 Å². The molecule has 1 saturated carbocycles. The van der Waals surface area contributed by atoms with Crippen molar-refractivity contribution in [2.24, 2.45) is 11.7 Å². The van der Waals surface area contributed by atoms with Crippen molar-refractivity contribution in [3.8, 4) is 0 Å². The van der Waals surface area contributed by atoms with Crippen LogP contribution in [0.25, 0.3) is 0 Å². The lowest BCUT2D eigenvalue weighted by molar-refractivity contribution is -0.147. The fraction of sp³-hybridized carbons (Fsp3) is 0.818. The standard InChI is InChI=1S/C11H20N2O3/c1-8-2-5-11(6-3-8,10(15)16)13-7-4-9(12)14/h8,13H,2-7H2,1H3,(H2,12,14)(H,15,16). The molecule has 0 aromatic rings. The van der Waals surface area contributed by atoms with Crippen molar-refractivity contribution in [1.82, 2.24) is 5.32 Å². The quantitative estimate of drug-likeness (QED) is 0.638. The summed E-state index contributed by atoms with van der Waals surface area (Å²) in [7, 11) is 0. The number of carbonyl (C=O) groups excluding carboxylic acids is 1. The zero-order valence-electron chi connectivity index (χ0n) is 9.66. The van der Waals surface area contributed by atoms with Gasteiger partial charge in [0.2, 0.25) is 5.91 Å². The first-order valence-corrected chi connectivity index (χ1v) is 5.73. The number of nitrogens with two attached hydrogens (primary N) is 1. The van der Waals surface area contributed by atoms with Crippen LogP contribution in [0.5, 0.6) is 0 Å². The highest BCUT2D eigenvalue weighted by molar-refractivity contribution is 5.79. The Morgan fingerprint density at radius 3 is 2.44 bits per heavy atom. The molecule has 0 atom stereocenters. The average molecular weight is 228 g/mol. The van der Waals surface area contributed by atoms with Crippen LogP contribution >= 0.6 is 0 Å². The predicted octanol–water partition coefficient (Wildman–Crippen LogP) is 0.485. The third-order valence-electron chi connectivity index (χ3n) is 3.37. The van der Waals surface area contributed by atoms with Crippen LogP contribution in [0.1, 0.15) is 39.0 Å². The molecule has 4 N–H and O–H groups in total. The molecule has 1 aliphatic rings. The van der Waals surface area contributed by atoms with E-state index in [1.54, 1.807) is 0 Å². The lowest BCUT2D eigenvalue weighted by Crippen LogP contribution is -2.54. The number of hydrogen-bond donors (Lipinski definition) is 3. The monoisotopic (exact) mass is 228 g/mol. The number of carboxylic acids is 1. The summed E-state index contributed by atoms with van der Waals surface area (Å²) < 4.78 is 0. The highest BCUT2D eigenvalue weighted by Gasteiger charge is 2.40. The van der Waals surface area contributed by atoms with E-state index >= 15 is 0 Å². The second-order valence-corrected chi connectivity index (χ2v) is 4.71. The number of amides is 1. The summed E-state index contributed by atoms with van der Waals surface area (Å²) in [6, 6.07) is 0. The molecule has 0 unspecified atom stereocenters. The number of carboxylic acid groups (broad SMARTS) is 1. The molecule has 1 aliphatic carbocycles. The Balaban J connectivity index is 2.53. The Labute approximate surface area is 95.4 Å². The van der Waals surface area contributed by atoms with Crippen molar-refractivity contribution in [1.29, 1.82) is 0 Å². The van der Waals surface area contributed by atoms with E-state index in [0.717, 1.165) is 12.8 Å². The molecular weight excluding hydrogens is 208 g/mol. The van der Waals surface area contributed by atoms with Crippen LogP contribution in [0.15, 0.2) is 0 Å². The number of primary amides is 1. The fourth-order valence-electron chi connectivity index (χ4n) is 2.15. The molecule has 5 heteroatoms. The van der Waals surface area contributed by atoms with Crippen LogP contribution < -0.4 is 11.1 Å². The van der Waals surface area contributed by atoms with Crippen molar-refractivity contribution in [2.45, 2.75) is 44.6 Å². The van der Waals surface area contributed by atoms with E-state index in [1.807, 2.05) is 0 Å². The van der Waals surface area contributed by atoms with Gasteiger partial charge in [0.05, 0.1) is 0 Å². The second kappa shape index (κ2) is 5.30. The molecule has 1 rings (SSSR count). The van der Waals surface area contributed by atoms with Crippen molar-refractivity contribution in [3.63, 3.8) is 0 Å². The minimum Gasteiger partial charge on any atom is -0.480 e. The molecule has 0 radical (unpaired) electrons. The Hall–Kier alpha value is -1.10. The van der Waals surface area contributed by atoms with Gasteiger partial charge in [0.1, 0.15) is 5.54 Å². The van der Waals surface area contributed by atoms with Crippen LogP contribution in [-0.2, 0) is 9.59 Å². The van der Waals surface area contributed by atoms with E-state index in [1.165, 1.54) is 0 Å². The van der Waals surface area contributed by atoms with Gasteiger partial charge in [0, 0.05) is 13.0 Å². The van der Waals surface area contributed by atoms with Gasteiger partial charge in [-0.05, 0) is 31.6 Å². The largest absolute Gasteiger partial charge is 0.480 e. The maximum atomic E-state index is 11.3. The Kier molecular flexibility index (Phi) is 4.29. The summed E-state index contributed by atoms with van der Waals surface area (Å²) in [6.07, 6.45) is 3.26. The van der Waals surface area contributed by atoms with Gasteiger partial charge in [0.25, 0.3) is 0 Å².